The number of amides is 1. The predicted octanol–water partition coefficient (Wildman–Crippen LogP) is 3.41. The minimum Gasteiger partial charge on any atom is -0.399 e. The number of nitrogens with zero attached hydrogens (tertiary/aromatic N) is 2. The molecule has 0 fully saturated rings. The Morgan fingerprint density at radius 3 is 2.60 bits per heavy atom. The molecule has 0 radical (unpaired) electrons. The average molecular weight is 425 g/mol. The van der Waals surface area contributed by atoms with Gasteiger partial charge in [-0.1, -0.05) is 23.2 Å². The number of nitrogens with two attached hydrogens (primary N) is 1. The van der Waals surface area contributed by atoms with Gasteiger partial charge in [-0.2, -0.15) is 5.10 Å². The Morgan fingerprint density at radius 2 is 2.05 bits per heavy atom. The molecule has 2 rings (SSSR count). The summed E-state index contributed by atoms with van der Waals surface area (Å²) >= 11 is 14.2. The molecule has 2 aromatic rings. The maximum Gasteiger partial charge on any atom is 0.226 e. The maximum absolute atomic E-state index is 11.9. The Balaban J connectivity index is 1.98. The summed E-state index contributed by atoms with van der Waals surface area (Å²) in [7, 11) is 0. The molecule has 0 aliphatic rings. The molecule has 0 saturated heterocycles. The zero-order chi connectivity index (χ0) is 14.7. The lowest BCUT2D eigenvalue weighted by atomic mass is 10.2. The van der Waals surface area contributed by atoms with Crippen LogP contribution in [0.4, 0.5) is 11.4 Å². The van der Waals surface area contributed by atoms with Crippen LogP contribution in [0.3, 0.4) is 0 Å². The maximum atomic E-state index is 11.9. The van der Waals surface area contributed by atoms with Gasteiger partial charge in [-0.05, 0) is 34.7 Å². The molecule has 20 heavy (non-hydrogen) atoms. The van der Waals surface area contributed by atoms with Crippen LogP contribution in [0.15, 0.2) is 24.5 Å². The predicted molar refractivity (Wildman–Crippen MR) is 89.1 cm³/mol. The van der Waals surface area contributed by atoms with Gasteiger partial charge >= 0.3 is 0 Å². The molecule has 0 unspecified atom stereocenters. The van der Waals surface area contributed by atoms with E-state index in [4.69, 9.17) is 28.9 Å². The van der Waals surface area contributed by atoms with Gasteiger partial charge in [-0.3, -0.25) is 9.48 Å². The first kappa shape index (κ1) is 15.4. The summed E-state index contributed by atoms with van der Waals surface area (Å²) in [4.78, 5) is 11.9. The van der Waals surface area contributed by atoms with Crippen molar-refractivity contribution >= 4 is 63.1 Å². The Morgan fingerprint density at radius 1 is 1.40 bits per heavy atom. The number of halogens is 3. The van der Waals surface area contributed by atoms with Crippen LogP contribution in [-0.2, 0) is 11.3 Å². The van der Waals surface area contributed by atoms with E-state index in [0.29, 0.717) is 28.0 Å². The van der Waals surface area contributed by atoms with Crippen LogP contribution in [-0.4, -0.2) is 15.7 Å². The Kier molecular flexibility index (Phi) is 5.11. The van der Waals surface area contributed by atoms with Crippen molar-refractivity contribution in [3.05, 3.63) is 38.1 Å². The summed E-state index contributed by atoms with van der Waals surface area (Å²) in [5.74, 6) is -0.191. The summed E-state index contributed by atoms with van der Waals surface area (Å²) in [6, 6.07) is 3.08. The minimum absolute atomic E-state index is 0.191. The molecule has 5 nitrogen and oxygen atoms in total. The summed E-state index contributed by atoms with van der Waals surface area (Å²) in [5, 5.41) is 7.42. The number of rotatable bonds is 4. The smallest absolute Gasteiger partial charge is 0.226 e. The molecule has 106 valence electrons. The second-order valence-corrected chi connectivity index (χ2v) is 6.14. The highest BCUT2D eigenvalue weighted by atomic mass is 127. The van der Waals surface area contributed by atoms with Crippen molar-refractivity contribution in [1.82, 2.24) is 9.78 Å². The zero-order valence-corrected chi connectivity index (χ0v) is 13.9. The summed E-state index contributed by atoms with van der Waals surface area (Å²) in [6.45, 7) is 0.485. The molecule has 0 aliphatic heterocycles. The molecule has 0 atom stereocenters. The van der Waals surface area contributed by atoms with Gasteiger partial charge in [0, 0.05) is 24.8 Å². The van der Waals surface area contributed by atoms with Crippen molar-refractivity contribution in [3.8, 4) is 0 Å². The monoisotopic (exact) mass is 424 g/mol. The first-order valence-electron chi connectivity index (χ1n) is 5.68. The van der Waals surface area contributed by atoms with Gasteiger partial charge in [0.25, 0.3) is 0 Å². The van der Waals surface area contributed by atoms with E-state index in [9.17, 15) is 4.79 Å². The average Bonchev–Trinajstić information content (AvgIpc) is 2.77. The van der Waals surface area contributed by atoms with Crippen LogP contribution in [0.2, 0.25) is 10.0 Å². The molecule has 0 aliphatic carbocycles. The van der Waals surface area contributed by atoms with Crippen LogP contribution in [0.5, 0.6) is 0 Å². The second kappa shape index (κ2) is 6.64. The third-order valence-electron chi connectivity index (χ3n) is 2.50. The Hall–Kier alpha value is -0.990. The summed E-state index contributed by atoms with van der Waals surface area (Å²) in [5.41, 5.74) is 6.43. The van der Waals surface area contributed by atoms with Gasteiger partial charge in [0.05, 0.1) is 25.5 Å². The lowest BCUT2D eigenvalue weighted by Crippen LogP contribution is -2.15. The van der Waals surface area contributed by atoms with Crippen molar-refractivity contribution < 1.29 is 4.79 Å². The third kappa shape index (κ3) is 4.00. The molecule has 1 aromatic heterocycles. The molecule has 0 bridgehead atoms. The van der Waals surface area contributed by atoms with Gasteiger partial charge in [0.15, 0.2) is 0 Å². The molecule has 1 aromatic carbocycles. The zero-order valence-electron chi connectivity index (χ0n) is 10.2. The standard InChI is InChI=1S/C12H11Cl2IN4O/c13-9-3-8(16)4-10(14)12(9)18-11(20)1-2-19-6-7(15)5-17-19/h3-6H,1-2,16H2,(H,18,20). The SMILES string of the molecule is Nc1cc(Cl)c(NC(=O)CCn2cc(I)cn2)c(Cl)c1. The first-order valence-corrected chi connectivity index (χ1v) is 7.51. The lowest BCUT2D eigenvalue weighted by Gasteiger charge is -2.10. The molecule has 1 amide bonds. The van der Waals surface area contributed by atoms with Crippen LogP contribution in [0.1, 0.15) is 6.42 Å². The minimum atomic E-state index is -0.191. The number of anilines is 2. The fourth-order valence-electron chi connectivity index (χ4n) is 1.59. The number of nitrogen functional groups attached to an aromatic ring is 1. The highest BCUT2D eigenvalue weighted by Crippen LogP contribution is 2.32. The number of nitrogens with one attached hydrogen (secondary N) is 1. The largest absolute Gasteiger partial charge is 0.399 e. The highest BCUT2D eigenvalue weighted by Gasteiger charge is 2.11. The van der Waals surface area contributed by atoms with Crippen LogP contribution < -0.4 is 11.1 Å². The number of benzene rings is 1. The summed E-state index contributed by atoms with van der Waals surface area (Å²) in [6.07, 6.45) is 3.86. The molecule has 3 N–H and O–H groups in total. The molecule has 0 saturated carbocycles. The number of aryl methyl sites for hydroxylation is 1. The van der Waals surface area contributed by atoms with E-state index in [2.05, 4.69) is 33.0 Å². The van der Waals surface area contributed by atoms with Crippen LogP contribution >= 0.6 is 45.8 Å². The Labute approximate surface area is 139 Å². The topological polar surface area (TPSA) is 72.9 Å². The number of aromatic nitrogens is 2. The van der Waals surface area contributed by atoms with Crippen molar-refractivity contribution in [2.45, 2.75) is 13.0 Å². The van der Waals surface area contributed by atoms with Gasteiger partial charge in [0.1, 0.15) is 0 Å². The van der Waals surface area contributed by atoms with Gasteiger partial charge in [0.2, 0.25) is 5.91 Å². The molecular formula is C12H11Cl2IN4O. The van der Waals surface area contributed by atoms with E-state index >= 15 is 0 Å². The van der Waals surface area contributed by atoms with Crippen molar-refractivity contribution in [2.75, 3.05) is 11.1 Å². The van der Waals surface area contributed by atoms with E-state index in [-0.39, 0.29) is 12.3 Å². The summed E-state index contributed by atoms with van der Waals surface area (Å²) < 4.78 is 2.72. The van der Waals surface area contributed by atoms with E-state index in [1.165, 1.54) is 0 Å². The quantitative estimate of drug-likeness (QED) is 0.583. The van der Waals surface area contributed by atoms with Gasteiger partial charge in [-0.25, -0.2) is 0 Å². The van der Waals surface area contributed by atoms with E-state index in [1.54, 1.807) is 23.0 Å². The van der Waals surface area contributed by atoms with Crippen molar-refractivity contribution in [1.29, 1.82) is 0 Å². The van der Waals surface area contributed by atoms with E-state index in [0.717, 1.165) is 3.57 Å². The highest BCUT2D eigenvalue weighted by molar-refractivity contribution is 14.1. The van der Waals surface area contributed by atoms with Crippen molar-refractivity contribution in [3.63, 3.8) is 0 Å². The molecule has 8 heteroatoms. The second-order valence-electron chi connectivity index (χ2n) is 4.08. The molecule has 0 spiro atoms. The first-order chi connectivity index (χ1) is 9.45. The molecule has 1 heterocycles. The number of hydrogen-bond acceptors (Lipinski definition) is 3. The molecular weight excluding hydrogens is 414 g/mol. The fourth-order valence-corrected chi connectivity index (χ4v) is 2.64. The lowest BCUT2D eigenvalue weighted by molar-refractivity contribution is -0.116. The van der Waals surface area contributed by atoms with Gasteiger partial charge in [-0.15, -0.1) is 0 Å². The Bertz CT molecular complexity index is 621. The van der Waals surface area contributed by atoms with Crippen LogP contribution in [0, 0.1) is 3.57 Å². The van der Waals surface area contributed by atoms with E-state index in [1.807, 2.05) is 6.20 Å². The normalized spacial score (nSPS) is 10.6. The van der Waals surface area contributed by atoms with Crippen LogP contribution in [0.25, 0.3) is 0 Å². The fraction of sp³-hybridized carbons (Fsp3) is 0.167. The third-order valence-corrected chi connectivity index (χ3v) is 3.65. The van der Waals surface area contributed by atoms with Crippen molar-refractivity contribution in [2.24, 2.45) is 0 Å². The number of carbonyl (C=O) groups is 1. The van der Waals surface area contributed by atoms with Gasteiger partial charge < -0.3 is 11.1 Å². The number of carbonyl (C=O) groups excluding carboxylic acids is 1. The van der Waals surface area contributed by atoms with E-state index < -0.39 is 0 Å². The number of hydrogen-bond donors (Lipinski definition) is 2.